The lowest BCUT2D eigenvalue weighted by Gasteiger charge is -2.15. The van der Waals surface area contributed by atoms with Gasteiger partial charge >= 0.3 is 0 Å². The number of fused-ring (bicyclic) bond motifs is 1. The third-order valence-corrected chi connectivity index (χ3v) is 3.43. The summed E-state index contributed by atoms with van der Waals surface area (Å²) in [5.74, 6) is -2.70. The lowest BCUT2D eigenvalue weighted by atomic mass is 10.1. The second kappa shape index (κ2) is 5.55. The Hall–Kier alpha value is -2.76. The molecule has 2 aromatic rings. The van der Waals surface area contributed by atoms with Crippen molar-refractivity contribution < 1.29 is 18.4 Å². The van der Waals surface area contributed by atoms with Gasteiger partial charge in [0.1, 0.15) is 6.54 Å². The second-order valence-corrected chi connectivity index (χ2v) is 5.00. The first-order chi connectivity index (χ1) is 10.5. The van der Waals surface area contributed by atoms with Crippen LogP contribution in [0.25, 0.3) is 0 Å². The van der Waals surface area contributed by atoms with E-state index in [0.717, 1.165) is 17.7 Å². The molecule has 0 radical (unpaired) electrons. The molecule has 0 fully saturated rings. The van der Waals surface area contributed by atoms with Crippen LogP contribution in [0.15, 0.2) is 42.5 Å². The van der Waals surface area contributed by atoms with Gasteiger partial charge in [-0.1, -0.05) is 18.2 Å². The average Bonchev–Trinajstić information content (AvgIpc) is 2.80. The summed E-state index contributed by atoms with van der Waals surface area (Å²) in [7, 11) is 0. The number of amides is 2. The molecular weight excluding hydrogens is 290 g/mol. The summed E-state index contributed by atoms with van der Waals surface area (Å²) < 4.78 is 25.9. The van der Waals surface area contributed by atoms with Gasteiger partial charge in [-0.15, -0.1) is 0 Å². The van der Waals surface area contributed by atoms with Gasteiger partial charge in [0, 0.05) is 23.9 Å². The van der Waals surface area contributed by atoms with Gasteiger partial charge in [0.2, 0.25) is 5.91 Å². The number of rotatable bonds is 3. The summed E-state index contributed by atoms with van der Waals surface area (Å²) in [5, 5.41) is 2.44. The van der Waals surface area contributed by atoms with Crippen molar-refractivity contribution in [2.24, 2.45) is 0 Å². The Morgan fingerprint density at radius 1 is 1.14 bits per heavy atom. The van der Waals surface area contributed by atoms with Crippen molar-refractivity contribution in [2.45, 2.75) is 6.54 Å². The number of carbonyl (C=O) groups excluding carboxylic acids is 2. The Kier molecular flexibility index (Phi) is 3.58. The number of carbonyl (C=O) groups is 2. The van der Waals surface area contributed by atoms with Gasteiger partial charge in [0.05, 0.1) is 0 Å². The molecule has 0 saturated heterocycles. The molecule has 0 aromatic heterocycles. The van der Waals surface area contributed by atoms with Crippen molar-refractivity contribution in [3.63, 3.8) is 0 Å². The summed E-state index contributed by atoms with van der Waals surface area (Å²) in [6, 6.07) is 10.2. The van der Waals surface area contributed by atoms with Crippen molar-refractivity contribution in [3.8, 4) is 0 Å². The Morgan fingerprint density at radius 2 is 1.91 bits per heavy atom. The molecule has 0 bridgehead atoms. The van der Waals surface area contributed by atoms with Crippen molar-refractivity contribution in [2.75, 3.05) is 11.9 Å². The molecule has 0 aliphatic carbocycles. The molecule has 1 N–H and O–H groups in total. The molecule has 2 amide bonds. The Morgan fingerprint density at radius 3 is 2.64 bits per heavy atom. The van der Waals surface area contributed by atoms with E-state index < -0.39 is 17.5 Å². The summed E-state index contributed by atoms with van der Waals surface area (Å²) in [4.78, 5) is 25.5. The number of hydrogen-bond acceptors (Lipinski definition) is 2. The van der Waals surface area contributed by atoms with E-state index >= 15 is 0 Å². The topological polar surface area (TPSA) is 49.4 Å². The van der Waals surface area contributed by atoms with Crippen LogP contribution in [0.3, 0.4) is 0 Å². The first-order valence-electron chi connectivity index (χ1n) is 6.66. The summed E-state index contributed by atoms with van der Waals surface area (Å²) in [6.07, 6.45) is 0. The SMILES string of the molecule is O=C(CN1Cc2ccccc2C1=O)Nc1ccc(F)c(F)c1. The Balaban J connectivity index is 1.66. The monoisotopic (exact) mass is 302 g/mol. The van der Waals surface area contributed by atoms with Gasteiger partial charge in [-0.3, -0.25) is 9.59 Å². The highest BCUT2D eigenvalue weighted by Gasteiger charge is 2.28. The van der Waals surface area contributed by atoms with Gasteiger partial charge in [-0.05, 0) is 23.8 Å². The van der Waals surface area contributed by atoms with Crippen LogP contribution in [0, 0.1) is 11.6 Å². The van der Waals surface area contributed by atoms with Crippen molar-refractivity contribution >= 4 is 17.5 Å². The molecule has 6 heteroatoms. The first kappa shape index (κ1) is 14.2. The van der Waals surface area contributed by atoms with E-state index in [9.17, 15) is 18.4 Å². The van der Waals surface area contributed by atoms with Crippen LogP contribution in [0.1, 0.15) is 15.9 Å². The van der Waals surface area contributed by atoms with Crippen LogP contribution in [0.5, 0.6) is 0 Å². The number of nitrogens with zero attached hydrogens (tertiary/aromatic N) is 1. The van der Waals surface area contributed by atoms with E-state index in [1.165, 1.54) is 11.0 Å². The maximum atomic E-state index is 13.1. The molecule has 112 valence electrons. The fourth-order valence-corrected chi connectivity index (χ4v) is 2.39. The van der Waals surface area contributed by atoms with E-state index in [-0.39, 0.29) is 18.1 Å². The maximum Gasteiger partial charge on any atom is 0.254 e. The molecule has 1 aliphatic heterocycles. The number of hydrogen-bond donors (Lipinski definition) is 1. The van der Waals surface area contributed by atoms with Crippen LogP contribution in [0.4, 0.5) is 14.5 Å². The predicted molar refractivity (Wildman–Crippen MR) is 76.2 cm³/mol. The van der Waals surface area contributed by atoms with Gasteiger partial charge < -0.3 is 10.2 Å². The number of halogens is 2. The smallest absolute Gasteiger partial charge is 0.254 e. The van der Waals surface area contributed by atoms with Crippen LogP contribution < -0.4 is 5.32 Å². The fourth-order valence-electron chi connectivity index (χ4n) is 2.39. The van der Waals surface area contributed by atoms with Crippen LogP contribution in [0.2, 0.25) is 0 Å². The minimum atomic E-state index is -1.04. The highest BCUT2D eigenvalue weighted by molar-refractivity contribution is 6.02. The molecule has 0 spiro atoms. The number of nitrogens with one attached hydrogen (secondary N) is 1. The lowest BCUT2D eigenvalue weighted by molar-refractivity contribution is -0.116. The van der Waals surface area contributed by atoms with E-state index in [1.54, 1.807) is 12.1 Å². The Bertz CT molecular complexity index is 762. The number of anilines is 1. The molecule has 4 nitrogen and oxygen atoms in total. The Labute approximate surface area is 125 Å². The van der Waals surface area contributed by atoms with Gasteiger partial charge in [-0.2, -0.15) is 0 Å². The first-order valence-corrected chi connectivity index (χ1v) is 6.66. The van der Waals surface area contributed by atoms with Crippen molar-refractivity contribution in [1.29, 1.82) is 0 Å². The highest BCUT2D eigenvalue weighted by atomic mass is 19.2. The average molecular weight is 302 g/mol. The van der Waals surface area contributed by atoms with E-state index in [1.807, 2.05) is 12.1 Å². The van der Waals surface area contributed by atoms with E-state index in [2.05, 4.69) is 5.32 Å². The quantitative estimate of drug-likeness (QED) is 0.947. The number of benzene rings is 2. The van der Waals surface area contributed by atoms with Crippen LogP contribution in [-0.4, -0.2) is 23.3 Å². The van der Waals surface area contributed by atoms with Crippen molar-refractivity contribution in [1.82, 2.24) is 4.90 Å². The zero-order chi connectivity index (χ0) is 15.7. The van der Waals surface area contributed by atoms with Gasteiger partial charge in [0.25, 0.3) is 5.91 Å². The molecular formula is C16H12F2N2O2. The van der Waals surface area contributed by atoms with Gasteiger partial charge in [0.15, 0.2) is 11.6 Å². The summed E-state index contributed by atoms with van der Waals surface area (Å²) in [5.41, 5.74) is 1.60. The largest absolute Gasteiger partial charge is 0.325 e. The molecule has 22 heavy (non-hydrogen) atoms. The third kappa shape index (κ3) is 2.67. The zero-order valence-electron chi connectivity index (χ0n) is 11.5. The molecule has 3 rings (SSSR count). The standard InChI is InChI=1S/C16H12F2N2O2/c17-13-6-5-11(7-14(13)18)19-15(21)9-20-8-10-3-1-2-4-12(10)16(20)22/h1-7H,8-9H2,(H,19,21). The van der Waals surface area contributed by atoms with E-state index in [0.29, 0.717) is 12.1 Å². The maximum absolute atomic E-state index is 13.1. The molecule has 1 aliphatic rings. The van der Waals surface area contributed by atoms with Crippen LogP contribution in [-0.2, 0) is 11.3 Å². The summed E-state index contributed by atoms with van der Waals surface area (Å²) in [6.45, 7) is 0.215. The molecule has 0 atom stereocenters. The molecule has 2 aromatic carbocycles. The molecule has 1 heterocycles. The minimum Gasteiger partial charge on any atom is -0.325 e. The fraction of sp³-hybridized carbons (Fsp3) is 0.125. The summed E-state index contributed by atoms with van der Waals surface area (Å²) >= 11 is 0. The second-order valence-electron chi connectivity index (χ2n) is 5.00. The minimum absolute atomic E-state index is 0.146. The highest BCUT2D eigenvalue weighted by Crippen LogP contribution is 2.22. The van der Waals surface area contributed by atoms with Crippen LogP contribution >= 0.6 is 0 Å². The molecule has 0 saturated carbocycles. The van der Waals surface area contributed by atoms with Crippen molar-refractivity contribution in [3.05, 3.63) is 65.2 Å². The lowest BCUT2D eigenvalue weighted by Crippen LogP contribution is -2.33. The van der Waals surface area contributed by atoms with E-state index in [4.69, 9.17) is 0 Å². The zero-order valence-corrected chi connectivity index (χ0v) is 11.5. The van der Waals surface area contributed by atoms with Gasteiger partial charge in [-0.25, -0.2) is 8.78 Å². The predicted octanol–water partition coefficient (Wildman–Crippen LogP) is 2.56. The third-order valence-electron chi connectivity index (χ3n) is 3.43. The molecule has 0 unspecified atom stereocenters. The normalized spacial score (nSPS) is 13.2.